The van der Waals surface area contributed by atoms with Crippen molar-refractivity contribution in [2.45, 2.75) is 32.4 Å². The summed E-state index contributed by atoms with van der Waals surface area (Å²) in [6.45, 7) is 5.10. The van der Waals surface area contributed by atoms with E-state index in [9.17, 15) is 4.79 Å². The van der Waals surface area contributed by atoms with Crippen molar-refractivity contribution in [3.05, 3.63) is 83.4 Å². The van der Waals surface area contributed by atoms with Crippen molar-refractivity contribution in [3.63, 3.8) is 0 Å². The van der Waals surface area contributed by atoms with Crippen LogP contribution in [0.25, 0.3) is 0 Å². The predicted molar refractivity (Wildman–Crippen MR) is 100 cm³/mol. The van der Waals surface area contributed by atoms with E-state index in [-0.39, 0.29) is 18.1 Å². The molecular formula is C22H25NO2. The lowest BCUT2D eigenvalue weighted by Crippen LogP contribution is -2.47. The average Bonchev–Trinajstić information content (AvgIpc) is 2.65. The summed E-state index contributed by atoms with van der Waals surface area (Å²) in [5.41, 5.74) is 3.63. The predicted octanol–water partition coefficient (Wildman–Crippen LogP) is 4.36. The molecule has 0 aromatic heterocycles. The van der Waals surface area contributed by atoms with Crippen LogP contribution in [0.1, 0.15) is 37.4 Å². The maximum atomic E-state index is 12.6. The van der Waals surface area contributed by atoms with E-state index in [1.807, 2.05) is 19.1 Å². The summed E-state index contributed by atoms with van der Waals surface area (Å²) >= 11 is 0. The van der Waals surface area contributed by atoms with E-state index in [1.165, 1.54) is 16.7 Å². The molecule has 25 heavy (non-hydrogen) atoms. The SMILES string of the molecule is CCOC(=O)C1CC(C)=CCN1C(c1ccccc1)c1ccccc1. The quantitative estimate of drug-likeness (QED) is 0.600. The summed E-state index contributed by atoms with van der Waals surface area (Å²) < 4.78 is 5.37. The van der Waals surface area contributed by atoms with E-state index in [0.717, 1.165) is 13.0 Å². The summed E-state index contributed by atoms with van der Waals surface area (Å²) in [6, 6.07) is 20.5. The van der Waals surface area contributed by atoms with Gasteiger partial charge in [-0.1, -0.05) is 72.3 Å². The van der Waals surface area contributed by atoms with E-state index >= 15 is 0 Å². The fraction of sp³-hybridized carbons (Fsp3) is 0.318. The number of carbonyl (C=O) groups excluding carboxylic acids is 1. The van der Waals surface area contributed by atoms with Crippen LogP contribution in [0.2, 0.25) is 0 Å². The monoisotopic (exact) mass is 335 g/mol. The van der Waals surface area contributed by atoms with Crippen molar-refractivity contribution >= 4 is 5.97 Å². The normalized spacial score (nSPS) is 18.0. The van der Waals surface area contributed by atoms with E-state index < -0.39 is 0 Å². The molecule has 0 saturated carbocycles. The summed E-state index contributed by atoms with van der Waals surface area (Å²) in [5.74, 6) is -0.133. The number of ether oxygens (including phenoxy) is 1. The van der Waals surface area contributed by atoms with Crippen LogP contribution >= 0.6 is 0 Å². The van der Waals surface area contributed by atoms with E-state index in [2.05, 4.69) is 66.4 Å². The standard InChI is InChI=1S/C22H25NO2/c1-3-25-22(24)20-16-17(2)14-15-23(20)21(18-10-6-4-7-11-18)19-12-8-5-9-13-19/h4-14,20-21H,3,15-16H2,1-2H3. The largest absolute Gasteiger partial charge is 0.465 e. The molecule has 2 aromatic carbocycles. The van der Waals surface area contributed by atoms with Gasteiger partial charge in [-0.25, -0.2) is 0 Å². The fourth-order valence-electron chi connectivity index (χ4n) is 3.48. The zero-order valence-corrected chi connectivity index (χ0v) is 14.9. The van der Waals surface area contributed by atoms with Gasteiger partial charge in [0.05, 0.1) is 12.6 Å². The molecule has 0 bridgehead atoms. The fourth-order valence-corrected chi connectivity index (χ4v) is 3.48. The van der Waals surface area contributed by atoms with Gasteiger partial charge in [-0.2, -0.15) is 0 Å². The smallest absolute Gasteiger partial charge is 0.323 e. The minimum absolute atomic E-state index is 0.0288. The molecule has 1 heterocycles. The molecule has 0 fully saturated rings. The van der Waals surface area contributed by atoms with E-state index in [1.54, 1.807) is 0 Å². The molecule has 0 aliphatic carbocycles. The molecular weight excluding hydrogens is 310 g/mol. The van der Waals surface area contributed by atoms with Crippen molar-refractivity contribution in [1.29, 1.82) is 0 Å². The molecule has 1 aliphatic rings. The number of hydrogen-bond donors (Lipinski definition) is 0. The zero-order valence-electron chi connectivity index (χ0n) is 14.9. The van der Waals surface area contributed by atoms with Crippen LogP contribution < -0.4 is 0 Å². The Morgan fingerprint density at radius 3 is 2.16 bits per heavy atom. The Morgan fingerprint density at radius 1 is 1.08 bits per heavy atom. The first-order valence-electron chi connectivity index (χ1n) is 8.88. The molecule has 2 aromatic rings. The maximum Gasteiger partial charge on any atom is 0.323 e. The lowest BCUT2D eigenvalue weighted by atomic mass is 9.92. The lowest BCUT2D eigenvalue weighted by molar-refractivity contribution is -0.150. The second-order valence-electron chi connectivity index (χ2n) is 6.44. The number of nitrogens with zero attached hydrogens (tertiary/aromatic N) is 1. The first-order valence-corrected chi connectivity index (χ1v) is 8.88. The molecule has 3 heteroatoms. The topological polar surface area (TPSA) is 29.5 Å². The van der Waals surface area contributed by atoms with Crippen LogP contribution in [0, 0.1) is 0 Å². The highest BCUT2D eigenvalue weighted by molar-refractivity contribution is 5.76. The minimum atomic E-state index is -0.254. The third-order valence-corrected chi connectivity index (χ3v) is 4.69. The molecule has 1 atom stereocenters. The molecule has 1 aliphatic heterocycles. The number of carbonyl (C=O) groups is 1. The van der Waals surface area contributed by atoms with Gasteiger partial charge in [0.25, 0.3) is 0 Å². The molecule has 3 nitrogen and oxygen atoms in total. The lowest BCUT2D eigenvalue weighted by Gasteiger charge is -2.39. The Balaban J connectivity index is 2.03. The highest BCUT2D eigenvalue weighted by Gasteiger charge is 2.35. The minimum Gasteiger partial charge on any atom is -0.465 e. The van der Waals surface area contributed by atoms with Crippen molar-refractivity contribution in [3.8, 4) is 0 Å². The molecule has 0 saturated heterocycles. The van der Waals surface area contributed by atoms with Crippen LogP contribution in [-0.2, 0) is 9.53 Å². The Bertz CT molecular complexity index is 685. The van der Waals surface area contributed by atoms with Gasteiger partial charge < -0.3 is 4.74 Å². The Kier molecular flexibility index (Phi) is 5.67. The van der Waals surface area contributed by atoms with Crippen molar-refractivity contribution < 1.29 is 9.53 Å². The van der Waals surface area contributed by atoms with E-state index in [0.29, 0.717) is 6.61 Å². The van der Waals surface area contributed by atoms with Crippen molar-refractivity contribution in [1.82, 2.24) is 4.90 Å². The second kappa shape index (κ2) is 8.13. The number of hydrogen-bond acceptors (Lipinski definition) is 3. The first-order chi connectivity index (χ1) is 12.2. The third kappa shape index (κ3) is 3.99. The van der Waals surface area contributed by atoms with Crippen LogP contribution in [-0.4, -0.2) is 30.1 Å². The Labute approximate surface area is 149 Å². The van der Waals surface area contributed by atoms with Crippen molar-refractivity contribution in [2.75, 3.05) is 13.2 Å². The molecule has 130 valence electrons. The van der Waals surface area contributed by atoms with Crippen LogP contribution in [0.15, 0.2) is 72.3 Å². The second-order valence-corrected chi connectivity index (χ2v) is 6.44. The molecule has 0 N–H and O–H groups in total. The van der Waals surface area contributed by atoms with Crippen molar-refractivity contribution in [2.24, 2.45) is 0 Å². The summed E-state index contributed by atoms with van der Waals surface area (Å²) in [4.78, 5) is 14.9. The zero-order chi connectivity index (χ0) is 17.6. The number of rotatable bonds is 5. The summed E-state index contributed by atoms with van der Waals surface area (Å²) in [6.07, 6.45) is 2.93. The Hall–Kier alpha value is -2.39. The molecule has 1 unspecified atom stereocenters. The van der Waals surface area contributed by atoms with Gasteiger partial charge in [0, 0.05) is 6.54 Å². The highest BCUT2D eigenvalue weighted by Crippen LogP contribution is 2.34. The van der Waals surface area contributed by atoms with Gasteiger partial charge in [-0.15, -0.1) is 0 Å². The average molecular weight is 335 g/mol. The molecule has 0 spiro atoms. The van der Waals surface area contributed by atoms with Crippen LogP contribution in [0.5, 0.6) is 0 Å². The molecule has 0 radical (unpaired) electrons. The van der Waals surface area contributed by atoms with Gasteiger partial charge in [0.1, 0.15) is 6.04 Å². The highest BCUT2D eigenvalue weighted by atomic mass is 16.5. The van der Waals surface area contributed by atoms with Gasteiger partial charge in [0.15, 0.2) is 0 Å². The number of esters is 1. The first kappa shape index (κ1) is 17.4. The molecule has 3 rings (SSSR count). The summed E-state index contributed by atoms with van der Waals surface area (Å²) in [5, 5.41) is 0. The van der Waals surface area contributed by atoms with Gasteiger partial charge >= 0.3 is 5.97 Å². The Morgan fingerprint density at radius 2 is 1.64 bits per heavy atom. The third-order valence-electron chi connectivity index (χ3n) is 4.69. The van der Waals surface area contributed by atoms with Gasteiger partial charge in [-0.3, -0.25) is 9.69 Å². The maximum absolute atomic E-state index is 12.6. The van der Waals surface area contributed by atoms with Crippen LogP contribution in [0.4, 0.5) is 0 Å². The molecule has 0 amide bonds. The van der Waals surface area contributed by atoms with Gasteiger partial charge in [0.2, 0.25) is 0 Å². The van der Waals surface area contributed by atoms with E-state index in [4.69, 9.17) is 4.74 Å². The van der Waals surface area contributed by atoms with Crippen LogP contribution in [0.3, 0.4) is 0 Å². The number of benzene rings is 2. The summed E-state index contributed by atoms with van der Waals surface area (Å²) in [7, 11) is 0. The van der Waals surface area contributed by atoms with Gasteiger partial charge in [-0.05, 0) is 31.4 Å².